The molecule has 1 atom stereocenters. The number of nitrogens with zero attached hydrogens (tertiary/aromatic N) is 1. The summed E-state index contributed by atoms with van der Waals surface area (Å²) in [4.78, 5) is 0. The first kappa shape index (κ1) is 13.5. The van der Waals surface area contributed by atoms with E-state index in [1.807, 2.05) is 6.92 Å². The van der Waals surface area contributed by atoms with Gasteiger partial charge in [0.1, 0.15) is 4.21 Å². The fourth-order valence-corrected chi connectivity index (χ4v) is 5.81. The van der Waals surface area contributed by atoms with Crippen LogP contribution in [0.25, 0.3) is 0 Å². The lowest BCUT2D eigenvalue weighted by molar-refractivity contribution is 0.460. The standard InChI is InChI=1S/C10H15BrN2O2S2/c1-7-4-9(16-10(7)11)17(14,15)13-3-2-8(5-12)6-13/h4,8H,2-3,5-6,12H2,1H3/t8-/m1/s1. The molecular weight excluding hydrogens is 324 g/mol. The van der Waals surface area contributed by atoms with Gasteiger partial charge in [0.05, 0.1) is 3.79 Å². The summed E-state index contributed by atoms with van der Waals surface area (Å²) in [6, 6.07) is 1.72. The van der Waals surface area contributed by atoms with Gasteiger partial charge in [0.25, 0.3) is 10.0 Å². The SMILES string of the molecule is Cc1cc(S(=O)(=O)N2CC[C@H](CN)C2)sc1Br. The van der Waals surface area contributed by atoms with Crippen molar-refractivity contribution in [2.24, 2.45) is 11.7 Å². The average molecular weight is 339 g/mol. The van der Waals surface area contributed by atoms with E-state index in [4.69, 9.17) is 5.73 Å². The lowest BCUT2D eigenvalue weighted by Gasteiger charge is -2.14. The maximum atomic E-state index is 12.3. The Morgan fingerprint density at radius 3 is 2.82 bits per heavy atom. The van der Waals surface area contributed by atoms with Crippen LogP contribution in [0.1, 0.15) is 12.0 Å². The minimum absolute atomic E-state index is 0.300. The molecule has 17 heavy (non-hydrogen) atoms. The molecule has 2 N–H and O–H groups in total. The molecule has 0 spiro atoms. The van der Waals surface area contributed by atoms with Crippen molar-refractivity contribution in [1.29, 1.82) is 0 Å². The zero-order chi connectivity index (χ0) is 12.6. The van der Waals surface area contributed by atoms with E-state index < -0.39 is 10.0 Å². The number of rotatable bonds is 3. The minimum atomic E-state index is -3.32. The number of hydrogen-bond donors (Lipinski definition) is 1. The fourth-order valence-electron chi connectivity index (χ4n) is 1.89. The highest BCUT2D eigenvalue weighted by atomic mass is 79.9. The highest BCUT2D eigenvalue weighted by molar-refractivity contribution is 9.11. The number of nitrogens with two attached hydrogens (primary N) is 1. The smallest absolute Gasteiger partial charge is 0.252 e. The average Bonchev–Trinajstić information content (AvgIpc) is 2.87. The second-order valence-electron chi connectivity index (χ2n) is 4.28. The molecule has 1 saturated heterocycles. The van der Waals surface area contributed by atoms with Crippen molar-refractivity contribution < 1.29 is 8.42 Å². The van der Waals surface area contributed by atoms with Gasteiger partial charge in [-0.1, -0.05) is 0 Å². The van der Waals surface area contributed by atoms with Crippen LogP contribution in [-0.2, 0) is 10.0 Å². The molecular formula is C10H15BrN2O2S2. The van der Waals surface area contributed by atoms with Crippen LogP contribution in [0.3, 0.4) is 0 Å². The molecule has 0 bridgehead atoms. The summed E-state index contributed by atoms with van der Waals surface area (Å²) in [6.45, 7) is 3.58. The Balaban J connectivity index is 2.25. The van der Waals surface area contributed by atoms with Gasteiger partial charge in [0.2, 0.25) is 0 Å². The van der Waals surface area contributed by atoms with Crippen molar-refractivity contribution in [1.82, 2.24) is 4.31 Å². The van der Waals surface area contributed by atoms with Crippen molar-refractivity contribution in [2.75, 3.05) is 19.6 Å². The monoisotopic (exact) mass is 338 g/mol. The summed E-state index contributed by atoms with van der Waals surface area (Å²) in [5, 5.41) is 0. The van der Waals surface area contributed by atoms with Crippen molar-refractivity contribution in [2.45, 2.75) is 17.6 Å². The van der Waals surface area contributed by atoms with Crippen LogP contribution in [0, 0.1) is 12.8 Å². The zero-order valence-electron chi connectivity index (χ0n) is 9.52. The molecule has 1 aromatic rings. The van der Waals surface area contributed by atoms with Crippen LogP contribution in [0.5, 0.6) is 0 Å². The third-order valence-corrected chi connectivity index (χ3v) is 7.46. The molecule has 0 aliphatic carbocycles. The molecule has 96 valence electrons. The molecule has 0 radical (unpaired) electrons. The van der Waals surface area contributed by atoms with E-state index in [2.05, 4.69) is 15.9 Å². The Hall–Kier alpha value is 0.0500. The second kappa shape index (κ2) is 4.97. The van der Waals surface area contributed by atoms with Gasteiger partial charge in [-0.2, -0.15) is 4.31 Å². The van der Waals surface area contributed by atoms with Crippen LogP contribution in [0.2, 0.25) is 0 Å². The maximum absolute atomic E-state index is 12.3. The van der Waals surface area contributed by atoms with E-state index in [0.717, 1.165) is 15.8 Å². The van der Waals surface area contributed by atoms with Gasteiger partial charge in [-0.05, 0) is 53.4 Å². The molecule has 2 heterocycles. The van der Waals surface area contributed by atoms with E-state index in [1.165, 1.54) is 11.3 Å². The van der Waals surface area contributed by atoms with Gasteiger partial charge in [-0.25, -0.2) is 8.42 Å². The van der Waals surface area contributed by atoms with E-state index in [-0.39, 0.29) is 0 Å². The lowest BCUT2D eigenvalue weighted by Crippen LogP contribution is -2.29. The van der Waals surface area contributed by atoms with Crippen LogP contribution in [0.15, 0.2) is 14.1 Å². The van der Waals surface area contributed by atoms with Crippen molar-refractivity contribution in [3.63, 3.8) is 0 Å². The number of sulfonamides is 1. The molecule has 1 aliphatic rings. The van der Waals surface area contributed by atoms with Gasteiger partial charge in [-0.3, -0.25) is 0 Å². The Morgan fingerprint density at radius 2 is 2.35 bits per heavy atom. The lowest BCUT2D eigenvalue weighted by atomic mass is 10.1. The minimum Gasteiger partial charge on any atom is -0.330 e. The summed E-state index contributed by atoms with van der Waals surface area (Å²) in [5.41, 5.74) is 6.54. The first-order valence-corrected chi connectivity index (χ1v) is 8.46. The summed E-state index contributed by atoms with van der Waals surface area (Å²) in [5.74, 6) is 0.300. The van der Waals surface area contributed by atoms with Gasteiger partial charge in [0, 0.05) is 13.1 Å². The molecule has 0 aromatic carbocycles. The molecule has 0 amide bonds. The van der Waals surface area contributed by atoms with Gasteiger partial charge in [-0.15, -0.1) is 11.3 Å². The molecule has 4 nitrogen and oxygen atoms in total. The second-order valence-corrected chi connectivity index (χ2v) is 8.81. The van der Waals surface area contributed by atoms with Crippen LogP contribution >= 0.6 is 27.3 Å². The molecule has 2 rings (SSSR count). The van der Waals surface area contributed by atoms with E-state index in [1.54, 1.807) is 10.4 Å². The van der Waals surface area contributed by atoms with Crippen LogP contribution < -0.4 is 5.73 Å². The summed E-state index contributed by atoms with van der Waals surface area (Å²) < 4.78 is 27.5. The Kier molecular flexibility index (Phi) is 3.94. The molecule has 0 unspecified atom stereocenters. The molecule has 0 saturated carbocycles. The third kappa shape index (κ3) is 2.58. The van der Waals surface area contributed by atoms with Gasteiger partial charge in [0.15, 0.2) is 0 Å². The largest absolute Gasteiger partial charge is 0.330 e. The first-order chi connectivity index (χ1) is 7.95. The molecule has 7 heteroatoms. The molecule has 1 aromatic heterocycles. The maximum Gasteiger partial charge on any atom is 0.252 e. The Bertz CT molecular complexity index is 493. The van der Waals surface area contributed by atoms with Crippen molar-refractivity contribution >= 4 is 37.3 Å². The quantitative estimate of drug-likeness (QED) is 0.913. The Labute approximate surface area is 114 Å². The first-order valence-electron chi connectivity index (χ1n) is 5.41. The summed E-state index contributed by atoms with van der Waals surface area (Å²) >= 11 is 4.63. The summed E-state index contributed by atoms with van der Waals surface area (Å²) in [7, 11) is -3.32. The highest BCUT2D eigenvalue weighted by Gasteiger charge is 2.33. The van der Waals surface area contributed by atoms with Crippen LogP contribution in [-0.4, -0.2) is 32.4 Å². The number of aryl methyl sites for hydroxylation is 1. The molecule has 1 fully saturated rings. The third-order valence-electron chi connectivity index (χ3n) is 3.01. The van der Waals surface area contributed by atoms with E-state index >= 15 is 0 Å². The van der Waals surface area contributed by atoms with Crippen molar-refractivity contribution in [3.8, 4) is 0 Å². The predicted molar refractivity (Wildman–Crippen MR) is 72.7 cm³/mol. The number of hydrogen-bond acceptors (Lipinski definition) is 4. The number of halogens is 1. The summed E-state index contributed by atoms with van der Waals surface area (Å²) in [6.07, 6.45) is 0.862. The van der Waals surface area contributed by atoms with Gasteiger partial charge < -0.3 is 5.73 Å². The van der Waals surface area contributed by atoms with E-state index in [9.17, 15) is 8.42 Å². The zero-order valence-corrected chi connectivity index (χ0v) is 12.7. The van der Waals surface area contributed by atoms with E-state index in [0.29, 0.717) is 29.8 Å². The van der Waals surface area contributed by atoms with Crippen LogP contribution in [0.4, 0.5) is 0 Å². The van der Waals surface area contributed by atoms with Gasteiger partial charge >= 0.3 is 0 Å². The van der Waals surface area contributed by atoms with Crippen molar-refractivity contribution in [3.05, 3.63) is 15.4 Å². The Morgan fingerprint density at radius 1 is 1.65 bits per heavy atom. The highest BCUT2D eigenvalue weighted by Crippen LogP contribution is 2.33. The number of thiophene rings is 1. The normalized spacial score (nSPS) is 22.2. The fraction of sp³-hybridized carbons (Fsp3) is 0.600. The molecule has 1 aliphatic heterocycles. The topological polar surface area (TPSA) is 63.4 Å². The predicted octanol–water partition coefficient (Wildman–Crippen LogP) is 1.79.